The van der Waals surface area contributed by atoms with E-state index in [2.05, 4.69) is 20.4 Å². The van der Waals surface area contributed by atoms with E-state index in [0.717, 1.165) is 11.9 Å². The second-order valence-corrected chi connectivity index (χ2v) is 6.34. The Balaban J connectivity index is 1.66. The molecule has 11 heteroatoms. The Morgan fingerprint density at radius 2 is 1.87 bits per heavy atom. The van der Waals surface area contributed by atoms with Gasteiger partial charge in [-0.2, -0.15) is 18.3 Å². The van der Waals surface area contributed by atoms with Gasteiger partial charge in [-0.1, -0.05) is 17.3 Å². The van der Waals surface area contributed by atoms with Crippen molar-refractivity contribution in [2.75, 3.05) is 6.61 Å². The summed E-state index contributed by atoms with van der Waals surface area (Å²) in [6.45, 7) is 1.47. The third-order valence-corrected chi connectivity index (χ3v) is 4.34. The number of aromatic nitrogens is 6. The lowest BCUT2D eigenvalue weighted by Crippen LogP contribution is -2.18. The summed E-state index contributed by atoms with van der Waals surface area (Å²) < 4.78 is 47.8. The van der Waals surface area contributed by atoms with Gasteiger partial charge in [0.05, 0.1) is 36.6 Å². The summed E-state index contributed by atoms with van der Waals surface area (Å²) in [7, 11) is 0. The number of carbonyl (C=O) groups is 1. The van der Waals surface area contributed by atoms with Crippen molar-refractivity contribution in [1.82, 2.24) is 29.8 Å². The second-order valence-electron chi connectivity index (χ2n) is 6.34. The average Bonchev–Trinajstić information content (AvgIpc) is 3.42. The molecule has 0 N–H and O–H groups in total. The van der Waals surface area contributed by atoms with Crippen LogP contribution in [0.15, 0.2) is 61.2 Å². The van der Waals surface area contributed by atoms with E-state index in [0.29, 0.717) is 15.9 Å². The molecule has 0 bridgehead atoms. The van der Waals surface area contributed by atoms with E-state index in [1.165, 1.54) is 23.7 Å². The van der Waals surface area contributed by atoms with Crippen molar-refractivity contribution in [2.24, 2.45) is 0 Å². The first-order valence-corrected chi connectivity index (χ1v) is 9.14. The minimum absolute atomic E-state index is 0.0459. The highest BCUT2D eigenvalue weighted by molar-refractivity contribution is 5.90. The minimum atomic E-state index is -4.80. The molecular formula is C20H15F3N6O2. The lowest BCUT2D eigenvalue weighted by atomic mass is 10.1. The summed E-state index contributed by atoms with van der Waals surface area (Å²) in [6.07, 6.45) is 0.995. The molecule has 0 fully saturated rings. The number of hydrogen-bond acceptors (Lipinski definition) is 6. The molecule has 158 valence electrons. The zero-order chi connectivity index (χ0) is 22.0. The van der Waals surface area contributed by atoms with Gasteiger partial charge in [0, 0.05) is 11.8 Å². The molecule has 0 unspecified atom stereocenters. The van der Waals surface area contributed by atoms with Gasteiger partial charge in [-0.15, -0.1) is 5.10 Å². The van der Waals surface area contributed by atoms with Crippen molar-refractivity contribution >= 4 is 5.97 Å². The number of pyridine rings is 1. The second kappa shape index (κ2) is 8.01. The molecule has 0 aliphatic carbocycles. The predicted molar refractivity (Wildman–Crippen MR) is 103 cm³/mol. The van der Waals surface area contributed by atoms with Crippen molar-refractivity contribution in [1.29, 1.82) is 0 Å². The van der Waals surface area contributed by atoms with Gasteiger partial charge >= 0.3 is 12.1 Å². The molecule has 1 aromatic carbocycles. The van der Waals surface area contributed by atoms with E-state index in [-0.39, 0.29) is 12.3 Å². The van der Waals surface area contributed by atoms with Crippen molar-refractivity contribution < 1.29 is 22.7 Å². The van der Waals surface area contributed by atoms with Crippen LogP contribution in [-0.4, -0.2) is 42.3 Å². The van der Waals surface area contributed by atoms with Crippen LogP contribution in [0, 0.1) is 0 Å². The molecule has 0 aliphatic rings. The van der Waals surface area contributed by atoms with Crippen LogP contribution in [0.1, 0.15) is 23.0 Å². The van der Waals surface area contributed by atoms with Crippen LogP contribution in [0.25, 0.3) is 22.6 Å². The van der Waals surface area contributed by atoms with Crippen LogP contribution < -0.4 is 0 Å². The zero-order valence-electron chi connectivity index (χ0n) is 16.1. The van der Waals surface area contributed by atoms with Crippen molar-refractivity contribution in [3.8, 4) is 22.6 Å². The lowest BCUT2D eigenvalue weighted by molar-refractivity contribution is -0.143. The molecule has 3 heterocycles. The van der Waals surface area contributed by atoms with Gasteiger partial charge in [0.25, 0.3) is 0 Å². The quantitative estimate of drug-likeness (QED) is 0.451. The fraction of sp³-hybridized carbons (Fsp3) is 0.150. The SMILES string of the molecule is CCOC(=O)c1cnn(-c2ccc(-c3cn(-c4cccnc4)nn3)cc2)c1C(F)(F)F. The minimum Gasteiger partial charge on any atom is -0.462 e. The number of rotatable bonds is 5. The molecule has 0 saturated carbocycles. The standard InChI is InChI=1S/C20H15F3N6O2/c1-2-31-19(30)16-11-25-29(18(16)20(21,22)23)14-7-5-13(6-8-14)17-12-28(27-26-17)15-4-3-9-24-10-15/h3-12H,2H2,1H3. The summed E-state index contributed by atoms with van der Waals surface area (Å²) >= 11 is 0. The van der Waals surface area contributed by atoms with E-state index in [9.17, 15) is 18.0 Å². The number of hydrogen-bond donors (Lipinski definition) is 0. The molecule has 0 amide bonds. The van der Waals surface area contributed by atoms with Gasteiger partial charge in [0.15, 0.2) is 5.69 Å². The largest absolute Gasteiger partial charge is 0.462 e. The maximum Gasteiger partial charge on any atom is 0.434 e. The van der Waals surface area contributed by atoms with E-state index in [1.54, 1.807) is 36.8 Å². The highest BCUT2D eigenvalue weighted by atomic mass is 19.4. The van der Waals surface area contributed by atoms with Gasteiger partial charge in [-0.25, -0.2) is 14.2 Å². The first-order chi connectivity index (χ1) is 14.9. The molecule has 0 saturated heterocycles. The van der Waals surface area contributed by atoms with Gasteiger partial charge < -0.3 is 4.74 Å². The van der Waals surface area contributed by atoms with Crippen LogP contribution in [0.4, 0.5) is 13.2 Å². The van der Waals surface area contributed by atoms with Gasteiger partial charge in [-0.3, -0.25) is 4.98 Å². The summed E-state index contributed by atoms with van der Waals surface area (Å²) in [4.78, 5) is 15.9. The van der Waals surface area contributed by atoms with Gasteiger partial charge in [-0.05, 0) is 31.2 Å². The predicted octanol–water partition coefficient (Wildman–Crippen LogP) is 3.71. The van der Waals surface area contributed by atoms with Crippen LogP contribution in [0.2, 0.25) is 0 Å². The monoisotopic (exact) mass is 428 g/mol. The number of ether oxygens (including phenoxy) is 1. The van der Waals surface area contributed by atoms with Crippen molar-refractivity contribution in [3.63, 3.8) is 0 Å². The third kappa shape index (κ3) is 4.02. The number of halogens is 3. The normalized spacial score (nSPS) is 11.5. The van der Waals surface area contributed by atoms with Crippen molar-refractivity contribution in [2.45, 2.75) is 13.1 Å². The Bertz CT molecular complexity index is 1200. The summed E-state index contributed by atoms with van der Waals surface area (Å²) in [5, 5.41) is 11.9. The van der Waals surface area contributed by atoms with Crippen LogP contribution >= 0.6 is 0 Å². The number of benzene rings is 1. The zero-order valence-corrected chi connectivity index (χ0v) is 16.1. The fourth-order valence-electron chi connectivity index (χ4n) is 2.96. The fourth-order valence-corrected chi connectivity index (χ4v) is 2.96. The third-order valence-electron chi connectivity index (χ3n) is 4.34. The Hall–Kier alpha value is -4.02. The van der Waals surface area contributed by atoms with E-state index in [1.807, 2.05) is 6.07 Å². The maximum atomic E-state index is 13.6. The summed E-state index contributed by atoms with van der Waals surface area (Å²) in [5.74, 6) is -1.08. The van der Waals surface area contributed by atoms with Crippen molar-refractivity contribution in [3.05, 3.63) is 72.4 Å². The lowest BCUT2D eigenvalue weighted by Gasteiger charge is -2.12. The van der Waals surface area contributed by atoms with Crippen LogP contribution in [0.5, 0.6) is 0 Å². The summed E-state index contributed by atoms with van der Waals surface area (Å²) in [5.41, 5.74) is 0.186. The Labute approximate surface area is 173 Å². The molecule has 0 spiro atoms. The summed E-state index contributed by atoms with van der Waals surface area (Å²) in [6, 6.07) is 9.67. The van der Waals surface area contributed by atoms with Gasteiger partial charge in [0.2, 0.25) is 0 Å². The van der Waals surface area contributed by atoms with Crippen LogP contribution in [-0.2, 0) is 10.9 Å². The molecule has 0 aliphatic heterocycles. The van der Waals surface area contributed by atoms with Gasteiger partial charge in [0.1, 0.15) is 11.3 Å². The highest BCUT2D eigenvalue weighted by Gasteiger charge is 2.41. The highest BCUT2D eigenvalue weighted by Crippen LogP contribution is 2.34. The number of nitrogens with zero attached hydrogens (tertiary/aromatic N) is 6. The molecule has 8 nitrogen and oxygen atoms in total. The first-order valence-electron chi connectivity index (χ1n) is 9.14. The Morgan fingerprint density at radius 1 is 1.10 bits per heavy atom. The first kappa shape index (κ1) is 20.3. The molecule has 0 radical (unpaired) electrons. The maximum absolute atomic E-state index is 13.6. The molecule has 0 atom stereocenters. The Morgan fingerprint density at radius 3 is 2.52 bits per heavy atom. The van der Waals surface area contributed by atoms with E-state index < -0.39 is 23.4 Å². The van der Waals surface area contributed by atoms with Crippen LogP contribution in [0.3, 0.4) is 0 Å². The smallest absolute Gasteiger partial charge is 0.434 e. The molecular weight excluding hydrogens is 413 g/mol. The van der Waals surface area contributed by atoms with E-state index >= 15 is 0 Å². The number of esters is 1. The number of carbonyl (C=O) groups excluding carboxylic acids is 1. The molecule has 31 heavy (non-hydrogen) atoms. The van der Waals surface area contributed by atoms with E-state index in [4.69, 9.17) is 4.74 Å². The molecule has 3 aromatic heterocycles. The Kier molecular flexibility index (Phi) is 5.24. The average molecular weight is 428 g/mol. The number of alkyl halides is 3. The topological polar surface area (TPSA) is 87.7 Å². The molecule has 4 rings (SSSR count). The molecule has 4 aromatic rings.